The molecule has 0 aromatic heterocycles. The molecule has 0 saturated carbocycles. The van der Waals surface area contributed by atoms with Crippen LogP contribution in [-0.4, -0.2) is 80.4 Å². The summed E-state index contributed by atoms with van der Waals surface area (Å²) >= 11 is 6.16. The van der Waals surface area contributed by atoms with Crippen molar-refractivity contribution < 1.29 is 13.2 Å². The number of halogens is 1. The van der Waals surface area contributed by atoms with Gasteiger partial charge in [0.2, 0.25) is 5.91 Å². The number of hydrogen-bond acceptors (Lipinski definition) is 5. The fourth-order valence-corrected chi connectivity index (χ4v) is 6.22. The van der Waals surface area contributed by atoms with E-state index in [1.54, 1.807) is 0 Å². The van der Waals surface area contributed by atoms with Crippen LogP contribution in [0.5, 0.6) is 0 Å². The van der Waals surface area contributed by atoms with Crippen LogP contribution in [0, 0.1) is 6.92 Å². The number of anilines is 1. The van der Waals surface area contributed by atoms with Crippen LogP contribution < -0.4 is 4.90 Å². The normalized spacial score (nSPS) is 23.2. The lowest BCUT2D eigenvalue weighted by Crippen LogP contribution is -2.54. The molecule has 0 unspecified atom stereocenters. The summed E-state index contributed by atoms with van der Waals surface area (Å²) in [5, 5.41) is 0.735. The van der Waals surface area contributed by atoms with E-state index in [-0.39, 0.29) is 29.5 Å². The lowest BCUT2D eigenvalue weighted by atomic mass is 10.1. The highest BCUT2D eigenvalue weighted by atomic mass is 35.5. The Hall–Kier alpha value is -1.31. The summed E-state index contributed by atoms with van der Waals surface area (Å²) in [6.45, 7) is 9.78. The number of benzene rings is 1. The minimum Gasteiger partial charge on any atom is -0.369 e. The molecule has 0 bridgehead atoms. The Morgan fingerprint density at radius 2 is 1.97 bits per heavy atom. The van der Waals surface area contributed by atoms with Crippen molar-refractivity contribution in [1.29, 1.82) is 0 Å². The first kappa shape index (κ1) is 22.4. The van der Waals surface area contributed by atoms with Crippen LogP contribution in [0.3, 0.4) is 0 Å². The van der Waals surface area contributed by atoms with Crippen molar-refractivity contribution in [3.8, 4) is 0 Å². The van der Waals surface area contributed by atoms with E-state index in [4.69, 9.17) is 11.6 Å². The summed E-state index contributed by atoms with van der Waals surface area (Å²) in [6, 6.07) is 5.81. The molecular formula is C21H32ClN3O3S. The second-order valence-electron chi connectivity index (χ2n) is 8.31. The first-order valence-electron chi connectivity index (χ1n) is 10.4. The van der Waals surface area contributed by atoms with Crippen LogP contribution in [-0.2, 0) is 14.6 Å². The second-order valence-corrected chi connectivity index (χ2v) is 11.0. The fourth-order valence-electron chi connectivity index (χ4n) is 4.34. The molecule has 0 spiro atoms. The largest absolute Gasteiger partial charge is 0.369 e. The van der Waals surface area contributed by atoms with E-state index < -0.39 is 9.84 Å². The molecule has 3 rings (SSSR count). The van der Waals surface area contributed by atoms with Crippen LogP contribution >= 0.6 is 11.6 Å². The standard InChI is InChI=1S/C21H32ClN3O3S/c1-4-17(3)25(19-7-12-29(27,28)15-19)21(26)14-23-8-10-24(11-9-23)20-13-18(22)6-5-16(20)2/h5-6,13,17,19H,4,7-12,14-15H2,1-3H3/t17-,19+/m0/s1. The summed E-state index contributed by atoms with van der Waals surface area (Å²) < 4.78 is 23.9. The van der Waals surface area contributed by atoms with Crippen molar-refractivity contribution in [2.45, 2.75) is 45.7 Å². The van der Waals surface area contributed by atoms with Gasteiger partial charge >= 0.3 is 0 Å². The number of aryl methyl sites for hydroxylation is 1. The highest BCUT2D eigenvalue weighted by Gasteiger charge is 2.37. The molecular weight excluding hydrogens is 410 g/mol. The molecule has 2 saturated heterocycles. The Morgan fingerprint density at radius 3 is 2.55 bits per heavy atom. The SMILES string of the molecule is CC[C@H](C)N(C(=O)CN1CCN(c2cc(Cl)ccc2C)CC1)[C@@H]1CCS(=O)(=O)C1. The molecule has 0 aliphatic carbocycles. The Labute approximate surface area is 179 Å². The monoisotopic (exact) mass is 441 g/mol. The third-order valence-electron chi connectivity index (χ3n) is 6.20. The average molecular weight is 442 g/mol. The predicted octanol–water partition coefficient (Wildman–Crippen LogP) is 2.58. The van der Waals surface area contributed by atoms with Gasteiger partial charge in [-0.2, -0.15) is 0 Å². The quantitative estimate of drug-likeness (QED) is 0.679. The van der Waals surface area contributed by atoms with Gasteiger partial charge in [-0.25, -0.2) is 8.42 Å². The maximum absolute atomic E-state index is 13.1. The van der Waals surface area contributed by atoms with Crippen molar-refractivity contribution in [3.63, 3.8) is 0 Å². The predicted molar refractivity (Wildman–Crippen MR) is 118 cm³/mol. The van der Waals surface area contributed by atoms with E-state index in [9.17, 15) is 13.2 Å². The lowest BCUT2D eigenvalue weighted by molar-refractivity contribution is -0.136. The van der Waals surface area contributed by atoms with Crippen molar-refractivity contribution in [1.82, 2.24) is 9.80 Å². The average Bonchev–Trinajstić information content (AvgIpc) is 3.03. The number of sulfone groups is 1. The molecule has 2 fully saturated rings. The van der Waals surface area contributed by atoms with Gasteiger partial charge in [0.05, 0.1) is 18.1 Å². The Bertz CT molecular complexity index is 838. The molecule has 0 radical (unpaired) electrons. The third kappa shape index (κ3) is 5.44. The molecule has 2 aliphatic rings. The van der Waals surface area contributed by atoms with E-state index in [1.165, 1.54) is 5.56 Å². The van der Waals surface area contributed by atoms with Gasteiger partial charge < -0.3 is 9.80 Å². The molecule has 1 amide bonds. The van der Waals surface area contributed by atoms with Crippen LogP contribution in [0.25, 0.3) is 0 Å². The first-order chi connectivity index (χ1) is 13.7. The molecule has 1 aromatic carbocycles. The maximum Gasteiger partial charge on any atom is 0.237 e. The zero-order chi connectivity index (χ0) is 21.2. The van der Waals surface area contributed by atoms with Crippen LogP contribution in [0.15, 0.2) is 18.2 Å². The summed E-state index contributed by atoms with van der Waals surface area (Å²) in [5.74, 6) is 0.342. The van der Waals surface area contributed by atoms with Gasteiger partial charge in [0.15, 0.2) is 9.84 Å². The summed E-state index contributed by atoms with van der Waals surface area (Å²) in [4.78, 5) is 19.5. The van der Waals surface area contributed by atoms with Gasteiger partial charge in [-0.05, 0) is 44.4 Å². The molecule has 6 nitrogen and oxygen atoms in total. The van der Waals surface area contributed by atoms with E-state index >= 15 is 0 Å². The molecule has 0 N–H and O–H groups in total. The maximum atomic E-state index is 13.1. The number of carbonyl (C=O) groups excluding carboxylic acids is 1. The highest BCUT2D eigenvalue weighted by molar-refractivity contribution is 7.91. The van der Waals surface area contributed by atoms with Gasteiger partial charge in [-0.3, -0.25) is 9.69 Å². The van der Waals surface area contributed by atoms with Gasteiger partial charge in [-0.15, -0.1) is 0 Å². The highest BCUT2D eigenvalue weighted by Crippen LogP contribution is 2.26. The molecule has 29 heavy (non-hydrogen) atoms. The van der Waals surface area contributed by atoms with Gasteiger partial charge in [0.25, 0.3) is 0 Å². The number of piperazine rings is 1. The number of carbonyl (C=O) groups is 1. The molecule has 2 aliphatic heterocycles. The van der Waals surface area contributed by atoms with E-state index in [0.29, 0.717) is 13.0 Å². The number of hydrogen-bond donors (Lipinski definition) is 0. The molecule has 2 atom stereocenters. The van der Waals surface area contributed by atoms with Gasteiger partial charge in [0.1, 0.15) is 0 Å². The molecule has 162 valence electrons. The summed E-state index contributed by atoms with van der Waals surface area (Å²) in [6.07, 6.45) is 1.38. The summed E-state index contributed by atoms with van der Waals surface area (Å²) in [5.41, 5.74) is 2.35. The topological polar surface area (TPSA) is 60.9 Å². The zero-order valence-electron chi connectivity index (χ0n) is 17.6. The molecule has 2 heterocycles. The van der Waals surface area contributed by atoms with Crippen molar-refractivity contribution >= 4 is 33.0 Å². The lowest BCUT2D eigenvalue weighted by Gasteiger charge is -2.39. The van der Waals surface area contributed by atoms with E-state index in [0.717, 1.165) is 43.3 Å². The number of nitrogens with zero attached hydrogens (tertiary/aromatic N) is 3. The Balaban J connectivity index is 1.61. The van der Waals surface area contributed by atoms with E-state index in [1.807, 2.05) is 36.9 Å². The zero-order valence-corrected chi connectivity index (χ0v) is 19.2. The van der Waals surface area contributed by atoms with Crippen LogP contribution in [0.4, 0.5) is 5.69 Å². The minimum absolute atomic E-state index is 0.0498. The molecule has 8 heteroatoms. The number of amides is 1. The van der Waals surface area contributed by atoms with Gasteiger partial charge in [0, 0.05) is 49.0 Å². The summed E-state index contributed by atoms with van der Waals surface area (Å²) in [7, 11) is -3.02. The molecule has 1 aromatic rings. The second kappa shape index (κ2) is 9.23. The van der Waals surface area contributed by atoms with Crippen molar-refractivity contribution in [2.75, 3.05) is 49.1 Å². The van der Waals surface area contributed by atoms with E-state index in [2.05, 4.69) is 16.7 Å². The Kier molecular flexibility index (Phi) is 7.12. The fraction of sp³-hybridized carbons (Fsp3) is 0.667. The van der Waals surface area contributed by atoms with Gasteiger partial charge in [-0.1, -0.05) is 24.6 Å². The van der Waals surface area contributed by atoms with Crippen LogP contribution in [0.1, 0.15) is 32.3 Å². The van der Waals surface area contributed by atoms with Crippen LogP contribution in [0.2, 0.25) is 5.02 Å². The smallest absolute Gasteiger partial charge is 0.237 e. The Morgan fingerprint density at radius 1 is 1.28 bits per heavy atom. The third-order valence-corrected chi connectivity index (χ3v) is 8.18. The van der Waals surface area contributed by atoms with Crippen molar-refractivity contribution in [2.24, 2.45) is 0 Å². The number of rotatable bonds is 6. The van der Waals surface area contributed by atoms with Crippen molar-refractivity contribution in [3.05, 3.63) is 28.8 Å². The first-order valence-corrected chi connectivity index (χ1v) is 12.6. The minimum atomic E-state index is -3.02.